The van der Waals surface area contributed by atoms with Gasteiger partial charge in [0.25, 0.3) is 10.1 Å². The number of rotatable bonds is 7. The van der Waals surface area contributed by atoms with Gasteiger partial charge in [-0.15, -0.1) is 0 Å². The number of carbonyl (C=O) groups is 1. The molecule has 0 radical (unpaired) electrons. The van der Waals surface area contributed by atoms with Gasteiger partial charge in [0.05, 0.1) is 0 Å². The average Bonchev–Trinajstić information content (AvgIpc) is 3.00. The highest BCUT2D eigenvalue weighted by Gasteiger charge is 2.33. The molecule has 0 bridgehead atoms. The zero-order valence-corrected chi connectivity index (χ0v) is 22.9. The zero-order chi connectivity index (χ0) is 26.9. The standard InChI is InChI=1S/C30H36O5S/c1-8-29(5,6)22-13-16-26(28(2,3)4)25(20-22)27(31)21-11-14-24(15-12-21)35-23-10-9-18-30(7,19-17-23)36(32,33)34/h9-20H,8H2,1-7H3,(H,32,33,34). The molecule has 0 saturated heterocycles. The Hall–Kier alpha value is -2.96. The van der Waals surface area contributed by atoms with E-state index in [4.69, 9.17) is 4.74 Å². The Morgan fingerprint density at radius 2 is 1.64 bits per heavy atom. The van der Waals surface area contributed by atoms with Crippen LogP contribution < -0.4 is 4.74 Å². The summed E-state index contributed by atoms with van der Waals surface area (Å²) >= 11 is 0. The van der Waals surface area contributed by atoms with Gasteiger partial charge in [0.2, 0.25) is 0 Å². The number of allylic oxidation sites excluding steroid dienone is 3. The van der Waals surface area contributed by atoms with E-state index >= 15 is 0 Å². The number of hydrogen-bond acceptors (Lipinski definition) is 4. The van der Waals surface area contributed by atoms with Crippen LogP contribution in [0.5, 0.6) is 5.75 Å². The number of ketones is 1. The van der Waals surface area contributed by atoms with Gasteiger partial charge >= 0.3 is 0 Å². The lowest BCUT2D eigenvalue weighted by molar-refractivity contribution is 0.103. The molecule has 36 heavy (non-hydrogen) atoms. The van der Waals surface area contributed by atoms with E-state index in [1.807, 2.05) is 6.07 Å². The van der Waals surface area contributed by atoms with Gasteiger partial charge < -0.3 is 4.74 Å². The Balaban J connectivity index is 1.89. The predicted octanol–water partition coefficient (Wildman–Crippen LogP) is 6.94. The highest BCUT2D eigenvalue weighted by atomic mass is 32.2. The van der Waals surface area contributed by atoms with Crippen LogP contribution in [-0.2, 0) is 20.9 Å². The minimum absolute atomic E-state index is 0.0387. The van der Waals surface area contributed by atoms with Crippen molar-refractivity contribution in [1.29, 1.82) is 0 Å². The normalized spacial score (nSPS) is 18.5. The summed E-state index contributed by atoms with van der Waals surface area (Å²) in [6, 6.07) is 13.2. The molecule has 0 spiro atoms. The third-order valence-electron chi connectivity index (χ3n) is 6.91. The smallest absolute Gasteiger partial charge is 0.277 e. The fourth-order valence-corrected chi connectivity index (χ4v) is 4.40. The first-order valence-corrected chi connectivity index (χ1v) is 13.5. The van der Waals surface area contributed by atoms with Crippen LogP contribution in [0.3, 0.4) is 0 Å². The van der Waals surface area contributed by atoms with Gasteiger partial charge in [-0.25, -0.2) is 0 Å². The number of carbonyl (C=O) groups excluding carboxylic acids is 1. The van der Waals surface area contributed by atoms with Crippen molar-refractivity contribution in [3.8, 4) is 5.75 Å². The van der Waals surface area contributed by atoms with E-state index in [-0.39, 0.29) is 16.6 Å². The van der Waals surface area contributed by atoms with Gasteiger partial charge in [-0.2, -0.15) is 8.42 Å². The van der Waals surface area contributed by atoms with E-state index in [2.05, 4.69) is 53.7 Å². The van der Waals surface area contributed by atoms with E-state index in [9.17, 15) is 17.8 Å². The van der Waals surface area contributed by atoms with Gasteiger partial charge in [-0.05, 0) is 77.8 Å². The van der Waals surface area contributed by atoms with Gasteiger partial charge in [0.1, 0.15) is 16.3 Å². The van der Waals surface area contributed by atoms with Gasteiger partial charge in [0, 0.05) is 11.1 Å². The Morgan fingerprint density at radius 1 is 1.00 bits per heavy atom. The van der Waals surface area contributed by atoms with Crippen LogP contribution in [0.1, 0.15) is 81.9 Å². The van der Waals surface area contributed by atoms with Crippen LogP contribution in [0.15, 0.2) is 78.6 Å². The van der Waals surface area contributed by atoms with Crippen LogP contribution >= 0.6 is 0 Å². The first-order chi connectivity index (χ1) is 16.6. The summed E-state index contributed by atoms with van der Waals surface area (Å²) in [5.74, 6) is 0.867. The lowest BCUT2D eigenvalue weighted by Crippen LogP contribution is -2.30. The Bertz CT molecular complexity index is 1340. The monoisotopic (exact) mass is 508 g/mol. The SMILES string of the molecule is CCC(C)(C)c1ccc(C(C)(C)C)c(C(=O)c2ccc(OC3=CC=CC(C)(S(=O)(=O)O)C=C3)cc2)c1. The molecule has 1 aliphatic rings. The van der Waals surface area contributed by atoms with Crippen molar-refractivity contribution in [3.05, 3.63) is 101 Å². The third kappa shape index (κ3) is 5.88. The highest BCUT2D eigenvalue weighted by molar-refractivity contribution is 7.87. The topological polar surface area (TPSA) is 80.7 Å². The average molecular weight is 509 g/mol. The second kappa shape index (κ2) is 9.83. The molecule has 1 aliphatic carbocycles. The van der Waals surface area contributed by atoms with Crippen LogP contribution in [0.2, 0.25) is 0 Å². The molecule has 3 rings (SSSR count). The Labute approximate surface area is 215 Å². The van der Waals surface area contributed by atoms with Crippen LogP contribution in [-0.4, -0.2) is 23.5 Å². The van der Waals surface area contributed by atoms with E-state index in [1.54, 1.807) is 30.3 Å². The number of benzene rings is 2. The van der Waals surface area contributed by atoms with Crippen molar-refractivity contribution >= 4 is 15.9 Å². The molecule has 6 heteroatoms. The first-order valence-electron chi connectivity index (χ1n) is 12.1. The Morgan fingerprint density at radius 3 is 2.19 bits per heavy atom. The van der Waals surface area contributed by atoms with Gasteiger partial charge in [0.15, 0.2) is 5.78 Å². The fraction of sp³-hybridized carbons (Fsp3) is 0.367. The van der Waals surface area contributed by atoms with E-state index < -0.39 is 14.9 Å². The molecular formula is C30H36O5S. The van der Waals surface area contributed by atoms with Crippen LogP contribution in [0, 0.1) is 0 Å². The lowest BCUT2D eigenvalue weighted by atomic mass is 9.76. The molecule has 0 fully saturated rings. The maximum absolute atomic E-state index is 13.6. The van der Waals surface area contributed by atoms with Crippen molar-refractivity contribution in [2.45, 2.75) is 70.5 Å². The molecule has 0 amide bonds. The molecular weight excluding hydrogens is 472 g/mol. The summed E-state index contributed by atoms with van der Waals surface area (Å²) in [6.07, 6.45) is 8.36. The van der Waals surface area contributed by atoms with Crippen molar-refractivity contribution in [2.75, 3.05) is 0 Å². The second-order valence-corrected chi connectivity index (χ2v) is 13.0. The molecule has 1 N–H and O–H groups in total. The first kappa shape index (κ1) is 27.6. The molecule has 0 aromatic heterocycles. The molecule has 2 aromatic carbocycles. The molecule has 1 unspecified atom stereocenters. The molecule has 1 atom stereocenters. The van der Waals surface area contributed by atoms with Crippen molar-refractivity contribution in [1.82, 2.24) is 0 Å². The third-order valence-corrected chi connectivity index (χ3v) is 8.30. The summed E-state index contributed by atoms with van der Waals surface area (Å²) in [6.45, 7) is 14.2. The van der Waals surface area contributed by atoms with Gasteiger partial charge in [-0.3, -0.25) is 9.35 Å². The van der Waals surface area contributed by atoms with Crippen molar-refractivity contribution in [2.24, 2.45) is 0 Å². The lowest BCUT2D eigenvalue weighted by Gasteiger charge is -2.28. The maximum atomic E-state index is 13.6. The fourth-order valence-electron chi connectivity index (χ4n) is 3.91. The number of ether oxygens (including phenoxy) is 1. The largest absolute Gasteiger partial charge is 0.457 e. The molecule has 0 saturated carbocycles. The van der Waals surface area contributed by atoms with Crippen LogP contribution in [0.4, 0.5) is 0 Å². The molecule has 0 aliphatic heterocycles. The quantitative estimate of drug-likeness (QED) is 0.324. The minimum Gasteiger partial charge on any atom is -0.457 e. The van der Waals surface area contributed by atoms with Crippen LogP contribution in [0.25, 0.3) is 0 Å². The van der Waals surface area contributed by atoms with E-state index in [1.165, 1.54) is 31.2 Å². The summed E-state index contributed by atoms with van der Waals surface area (Å²) in [4.78, 5) is 13.6. The predicted molar refractivity (Wildman–Crippen MR) is 145 cm³/mol. The molecule has 192 valence electrons. The van der Waals surface area contributed by atoms with Gasteiger partial charge in [-0.1, -0.05) is 71.9 Å². The molecule has 5 nitrogen and oxygen atoms in total. The maximum Gasteiger partial charge on any atom is 0.277 e. The van der Waals surface area contributed by atoms with E-state index in [0.717, 1.165) is 17.5 Å². The summed E-state index contributed by atoms with van der Waals surface area (Å²) < 4.78 is 37.2. The highest BCUT2D eigenvalue weighted by Crippen LogP contribution is 2.34. The number of hydrogen-bond donors (Lipinski definition) is 1. The van der Waals surface area contributed by atoms with Crippen molar-refractivity contribution < 1.29 is 22.5 Å². The summed E-state index contributed by atoms with van der Waals surface area (Å²) in [7, 11) is -4.31. The van der Waals surface area contributed by atoms with Crippen molar-refractivity contribution in [3.63, 3.8) is 0 Å². The molecule has 2 aromatic rings. The summed E-state index contributed by atoms with van der Waals surface area (Å²) in [5.41, 5.74) is 3.18. The zero-order valence-electron chi connectivity index (χ0n) is 22.1. The Kier molecular flexibility index (Phi) is 7.54. The summed E-state index contributed by atoms with van der Waals surface area (Å²) in [5, 5.41) is 0. The second-order valence-electron chi connectivity index (χ2n) is 11.1. The molecule has 0 heterocycles. The van der Waals surface area contributed by atoms with E-state index in [0.29, 0.717) is 22.6 Å². The minimum atomic E-state index is -4.31.